The highest BCUT2D eigenvalue weighted by atomic mass is 35.5. The first kappa shape index (κ1) is 17.7. The topological polar surface area (TPSA) is 41.9 Å². The quantitative estimate of drug-likeness (QED) is 0.588. The molecule has 1 aromatic heterocycles. The molecule has 25 heavy (non-hydrogen) atoms. The maximum absolute atomic E-state index is 6.12. The average Bonchev–Trinajstić information content (AvgIpc) is 3.00. The van der Waals surface area contributed by atoms with E-state index in [1.807, 2.05) is 10.9 Å². The van der Waals surface area contributed by atoms with E-state index in [4.69, 9.17) is 35.4 Å². The Morgan fingerprint density at radius 1 is 1.12 bits per heavy atom. The van der Waals surface area contributed by atoms with Gasteiger partial charge in [-0.05, 0) is 42.9 Å². The fraction of sp³-hybridized carbons (Fsp3) is 0.111. The van der Waals surface area contributed by atoms with Crippen LogP contribution in [-0.2, 0) is 6.54 Å². The number of rotatable bonds is 4. The first-order valence-electron chi connectivity index (χ1n) is 7.61. The van der Waals surface area contributed by atoms with Crippen LogP contribution in [0.25, 0.3) is 0 Å². The van der Waals surface area contributed by atoms with E-state index < -0.39 is 0 Å². The summed E-state index contributed by atoms with van der Waals surface area (Å²) in [4.78, 5) is 0. The second-order valence-electron chi connectivity index (χ2n) is 5.62. The average molecular weight is 391 g/mol. The molecule has 2 N–H and O–H groups in total. The predicted molar refractivity (Wildman–Crippen MR) is 109 cm³/mol. The number of hydrogen-bond acceptors (Lipinski definition) is 2. The van der Waals surface area contributed by atoms with E-state index in [0.717, 1.165) is 5.69 Å². The van der Waals surface area contributed by atoms with Crippen molar-refractivity contribution >= 4 is 51.9 Å². The van der Waals surface area contributed by atoms with Crippen LogP contribution in [0.4, 0.5) is 11.4 Å². The third kappa shape index (κ3) is 4.95. The Balaban J connectivity index is 1.61. The fourth-order valence-corrected chi connectivity index (χ4v) is 2.84. The molecule has 0 aliphatic rings. The molecule has 1 heterocycles. The summed E-state index contributed by atoms with van der Waals surface area (Å²) >= 11 is 17.4. The summed E-state index contributed by atoms with van der Waals surface area (Å²) < 4.78 is 1.85. The molecular formula is C18H16Cl2N4S. The van der Waals surface area contributed by atoms with Gasteiger partial charge in [-0.3, -0.25) is 4.68 Å². The number of thiocarbonyl (C=S) groups is 1. The zero-order valence-electron chi connectivity index (χ0n) is 13.5. The number of halogens is 2. The Kier molecular flexibility index (Phi) is 5.58. The Labute approximate surface area is 161 Å². The molecule has 3 rings (SSSR count). The lowest BCUT2D eigenvalue weighted by atomic mass is 10.1. The van der Waals surface area contributed by atoms with Crippen LogP contribution >= 0.6 is 35.4 Å². The molecule has 0 fully saturated rings. The highest BCUT2D eigenvalue weighted by Gasteiger charge is 2.06. The minimum Gasteiger partial charge on any atom is -0.331 e. The molecule has 2 aromatic carbocycles. The lowest BCUT2D eigenvalue weighted by Crippen LogP contribution is -2.19. The number of anilines is 2. The molecule has 0 radical (unpaired) electrons. The van der Waals surface area contributed by atoms with Crippen molar-refractivity contribution in [3.8, 4) is 0 Å². The highest BCUT2D eigenvalue weighted by Crippen LogP contribution is 2.25. The number of aryl methyl sites for hydroxylation is 1. The van der Waals surface area contributed by atoms with E-state index in [-0.39, 0.29) is 0 Å². The van der Waals surface area contributed by atoms with Crippen molar-refractivity contribution in [2.24, 2.45) is 0 Å². The van der Waals surface area contributed by atoms with E-state index in [1.165, 1.54) is 11.1 Å². The summed E-state index contributed by atoms with van der Waals surface area (Å²) in [6.45, 7) is 2.77. The number of nitrogens with one attached hydrogen (secondary N) is 2. The first-order valence-corrected chi connectivity index (χ1v) is 8.77. The third-order valence-corrected chi connectivity index (χ3v) is 4.30. The van der Waals surface area contributed by atoms with E-state index in [0.29, 0.717) is 27.4 Å². The van der Waals surface area contributed by atoms with Crippen LogP contribution in [0.3, 0.4) is 0 Å². The van der Waals surface area contributed by atoms with Crippen LogP contribution in [0.5, 0.6) is 0 Å². The second-order valence-corrected chi connectivity index (χ2v) is 6.87. The molecule has 3 aromatic rings. The minimum atomic E-state index is 0.416. The van der Waals surface area contributed by atoms with Crippen molar-refractivity contribution in [1.29, 1.82) is 0 Å². The molecule has 0 amide bonds. The number of benzene rings is 2. The normalized spacial score (nSPS) is 10.5. The minimum absolute atomic E-state index is 0.416. The fourth-order valence-electron chi connectivity index (χ4n) is 2.27. The Bertz CT molecular complexity index is 890. The van der Waals surface area contributed by atoms with E-state index >= 15 is 0 Å². The molecule has 0 unspecified atom stereocenters. The monoisotopic (exact) mass is 390 g/mol. The maximum atomic E-state index is 6.12. The van der Waals surface area contributed by atoms with Gasteiger partial charge < -0.3 is 10.6 Å². The van der Waals surface area contributed by atoms with E-state index in [1.54, 1.807) is 24.4 Å². The van der Waals surface area contributed by atoms with Gasteiger partial charge in [0.05, 0.1) is 29.1 Å². The zero-order chi connectivity index (χ0) is 17.8. The van der Waals surface area contributed by atoms with E-state index in [2.05, 4.69) is 46.9 Å². The van der Waals surface area contributed by atoms with Gasteiger partial charge in [-0.2, -0.15) is 5.10 Å². The summed E-state index contributed by atoms with van der Waals surface area (Å²) in [6, 6.07) is 13.5. The van der Waals surface area contributed by atoms with Crippen molar-refractivity contribution in [3.63, 3.8) is 0 Å². The van der Waals surface area contributed by atoms with Crippen molar-refractivity contribution in [2.75, 3.05) is 10.6 Å². The number of aromatic nitrogens is 2. The summed E-state index contributed by atoms with van der Waals surface area (Å²) in [6.07, 6.45) is 3.62. The van der Waals surface area contributed by atoms with Crippen LogP contribution in [-0.4, -0.2) is 14.9 Å². The standard InChI is InChI=1S/C18H16Cl2N4S/c1-12-2-4-13(5-3-12)10-24-11-15(9-21-24)22-18(25)23-17-8-14(19)6-7-16(17)20/h2-9,11H,10H2,1H3,(H2,22,23,25). The van der Waals surface area contributed by atoms with Crippen LogP contribution < -0.4 is 10.6 Å². The van der Waals surface area contributed by atoms with Gasteiger partial charge >= 0.3 is 0 Å². The molecule has 4 nitrogen and oxygen atoms in total. The zero-order valence-corrected chi connectivity index (χ0v) is 15.8. The Morgan fingerprint density at radius 3 is 2.64 bits per heavy atom. The Morgan fingerprint density at radius 2 is 1.88 bits per heavy atom. The van der Waals surface area contributed by atoms with Gasteiger partial charge in [0.1, 0.15) is 0 Å². The molecule has 128 valence electrons. The van der Waals surface area contributed by atoms with Gasteiger partial charge in [0.25, 0.3) is 0 Å². The van der Waals surface area contributed by atoms with Crippen LogP contribution in [0.15, 0.2) is 54.9 Å². The molecule has 0 aliphatic carbocycles. The lowest BCUT2D eigenvalue weighted by molar-refractivity contribution is 0.687. The van der Waals surface area contributed by atoms with Crippen molar-refractivity contribution in [2.45, 2.75) is 13.5 Å². The third-order valence-electron chi connectivity index (χ3n) is 3.53. The van der Waals surface area contributed by atoms with Gasteiger partial charge in [0.15, 0.2) is 5.11 Å². The van der Waals surface area contributed by atoms with Crippen molar-refractivity contribution in [3.05, 3.63) is 76.0 Å². The van der Waals surface area contributed by atoms with Gasteiger partial charge in [-0.1, -0.05) is 53.0 Å². The lowest BCUT2D eigenvalue weighted by Gasteiger charge is -2.10. The molecule has 0 bridgehead atoms. The van der Waals surface area contributed by atoms with Gasteiger partial charge in [0, 0.05) is 11.2 Å². The number of nitrogens with zero attached hydrogens (tertiary/aromatic N) is 2. The van der Waals surface area contributed by atoms with E-state index in [9.17, 15) is 0 Å². The summed E-state index contributed by atoms with van der Waals surface area (Å²) in [5.74, 6) is 0. The Hall–Kier alpha value is -2.08. The molecule has 0 spiro atoms. The first-order chi connectivity index (χ1) is 12.0. The largest absolute Gasteiger partial charge is 0.331 e. The van der Waals surface area contributed by atoms with Gasteiger partial charge in [0.2, 0.25) is 0 Å². The summed E-state index contributed by atoms with van der Waals surface area (Å²) in [5.41, 5.74) is 3.87. The molecule has 0 aliphatic heterocycles. The molecule has 0 saturated heterocycles. The van der Waals surface area contributed by atoms with Gasteiger partial charge in [-0.25, -0.2) is 0 Å². The molecule has 7 heteroatoms. The maximum Gasteiger partial charge on any atom is 0.175 e. The summed E-state index contributed by atoms with van der Waals surface area (Å²) in [5, 5.41) is 12.0. The van der Waals surface area contributed by atoms with Crippen LogP contribution in [0.1, 0.15) is 11.1 Å². The van der Waals surface area contributed by atoms with Crippen LogP contribution in [0, 0.1) is 6.92 Å². The molecule has 0 saturated carbocycles. The second kappa shape index (κ2) is 7.87. The van der Waals surface area contributed by atoms with Crippen LogP contribution in [0.2, 0.25) is 10.0 Å². The SMILES string of the molecule is Cc1ccc(Cn2cc(NC(=S)Nc3cc(Cl)ccc3Cl)cn2)cc1. The smallest absolute Gasteiger partial charge is 0.175 e. The van der Waals surface area contributed by atoms with Gasteiger partial charge in [-0.15, -0.1) is 0 Å². The molecular weight excluding hydrogens is 375 g/mol. The number of hydrogen-bond donors (Lipinski definition) is 2. The predicted octanol–water partition coefficient (Wildman–Crippen LogP) is 5.36. The summed E-state index contributed by atoms with van der Waals surface area (Å²) in [7, 11) is 0. The van der Waals surface area contributed by atoms with Crippen molar-refractivity contribution < 1.29 is 0 Å². The van der Waals surface area contributed by atoms with Crippen molar-refractivity contribution in [1.82, 2.24) is 9.78 Å². The molecule has 0 atom stereocenters. The highest BCUT2D eigenvalue weighted by molar-refractivity contribution is 7.80.